The molecule has 1 spiro atoms. The molecule has 2 N–H and O–H groups in total. The molecule has 51 heavy (non-hydrogen) atoms. The number of alkyl halides is 1. The number of benzene rings is 2. The van der Waals surface area contributed by atoms with Crippen molar-refractivity contribution < 1.29 is 38.5 Å². The highest BCUT2D eigenvalue weighted by Gasteiger charge is 2.77. The molecule has 1 unspecified atom stereocenters. The average Bonchev–Trinajstić information content (AvgIpc) is 3.72. The Morgan fingerprint density at radius 1 is 1.16 bits per heavy atom. The number of allylic oxidation sites excluding steroid dienone is 1. The fourth-order valence-corrected chi connectivity index (χ4v) is 8.87. The first-order valence-corrected chi connectivity index (χ1v) is 18.5. The van der Waals surface area contributed by atoms with Crippen LogP contribution in [0.1, 0.15) is 43.8 Å². The quantitative estimate of drug-likeness (QED) is 0.0957. The Bertz CT molecular complexity index is 1600. The number of rotatable bonds is 18. The van der Waals surface area contributed by atoms with Crippen LogP contribution in [0.3, 0.4) is 0 Å². The molecule has 0 radical (unpaired) electrons. The van der Waals surface area contributed by atoms with Gasteiger partial charge in [0.1, 0.15) is 17.7 Å². The van der Waals surface area contributed by atoms with E-state index in [0.29, 0.717) is 42.0 Å². The number of nitrogens with zero attached hydrogens (tertiary/aromatic N) is 2. The number of hydrogen-bond donors (Lipinski definition) is 2. The summed E-state index contributed by atoms with van der Waals surface area (Å²) in [6.07, 6.45) is 3.30. The van der Waals surface area contributed by atoms with Crippen LogP contribution in [0.2, 0.25) is 5.02 Å². The molecule has 2 bridgehead atoms. The third-order valence-corrected chi connectivity index (χ3v) is 11.0. The van der Waals surface area contributed by atoms with Crippen molar-refractivity contribution in [2.75, 3.05) is 38.3 Å². The van der Waals surface area contributed by atoms with Crippen LogP contribution in [0.4, 0.5) is 5.69 Å². The molecule has 2 aromatic carbocycles. The van der Waals surface area contributed by atoms with E-state index >= 15 is 0 Å². The summed E-state index contributed by atoms with van der Waals surface area (Å²) in [5.74, 6) is -3.84. The molecule has 2 aromatic rings. The predicted octanol–water partition coefficient (Wildman–Crippen LogP) is 4.76. The first kappa shape index (κ1) is 38.7. The summed E-state index contributed by atoms with van der Waals surface area (Å²) in [5, 5.41) is 12.9. The highest BCUT2D eigenvalue weighted by molar-refractivity contribution is 9.09. The largest absolute Gasteiger partial charge is 0.455 e. The van der Waals surface area contributed by atoms with Crippen LogP contribution in [0.5, 0.6) is 0 Å². The highest BCUT2D eigenvalue weighted by Crippen LogP contribution is 2.60. The number of nitrogens with one attached hydrogen (secondary N) is 1. The molecule has 274 valence electrons. The third kappa shape index (κ3) is 7.80. The second kappa shape index (κ2) is 17.3. The molecular weight excluding hydrogens is 742 g/mol. The second-order valence-electron chi connectivity index (χ2n) is 13.0. The van der Waals surface area contributed by atoms with Crippen molar-refractivity contribution in [1.29, 1.82) is 0 Å². The SMILES string of the molecule is C=CCCC(=O)N[C@@H](COC)[C@@H](OC(=O)[C@@H]1[C@H]2O[C@@]3(CC2Br)[C@H](C(=O)N(CC=C)c2ccccc2Cl)N(CCCCO)C(=O)[C@@H]13)c1ccccc1. The first-order chi connectivity index (χ1) is 24.6. The molecule has 3 fully saturated rings. The lowest BCUT2D eigenvalue weighted by molar-refractivity contribution is -0.163. The van der Waals surface area contributed by atoms with E-state index in [1.807, 2.05) is 6.07 Å². The molecule has 5 rings (SSSR count). The average molecular weight is 787 g/mol. The molecule has 3 amide bonds. The lowest BCUT2D eigenvalue weighted by Crippen LogP contribution is -2.57. The second-order valence-corrected chi connectivity index (χ2v) is 14.6. The van der Waals surface area contributed by atoms with Crippen molar-refractivity contribution in [3.63, 3.8) is 0 Å². The number of aliphatic hydroxyl groups is 1. The Balaban J connectivity index is 1.52. The maximum Gasteiger partial charge on any atom is 0.313 e. The number of para-hydroxylation sites is 1. The van der Waals surface area contributed by atoms with Crippen LogP contribution in [0, 0.1) is 11.8 Å². The van der Waals surface area contributed by atoms with E-state index in [0.717, 1.165) is 0 Å². The third-order valence-electron chi connectivity index (χ3n) is 9.83. The van der Waals surface area contributed by atoms with Crippen molar-refractivity contribution in [1.82, 2.24) is 10.2 Å². The Morgan fingerprint density at radius 3 is 2.55 bits per heavy atom. The minimum Gasteiger partial charge on any atom is -0.455 e. The zero-order chi connectivity index (χ0) is 36.7. The number of methoxy groups -OCH3 is 1. The number of carbonyl (C=O) groups is 4. The Kier molecular flexibility index (Phi) is 13.1. The summed E-state index contributed by atoms with van der Waals surface area (Å²) in [4.78, 5) is 59.4. The van der Waals surface area contributed by atoms with Crippen LogP contribution in [-0.2, 0) is 33.4 Å². The number of ether oxygens (including phenoxy) is 3. The topological polar surface area (TPSA) is 135 Å². The molecular formula is C38H45BrClN3O8. The maximum atomic E-state index is 14.8. The molecule has 0 saturated carbocycles. The highest BCUT2D eigenvalue weighted by atomic mass is 79.9. The van der Waals surface area contributed by atoms with Gasteiger partial charge < -0.3 is 34.4 Å². The van der Waals surface area contributed by atoms with Gasteiger partial charge in [0.2, 0.25) is 11.8 Å². The van der Waals surface area contributed by atoms with Gasteiger partial charge in [-0.15, -0.1) is 13.2 Å². The number of hydrogen-bond acceptors (Lipinski definition) is 8. The maximum absolute atomic E-state index is 14.8. The van der Waals surface area contributed by atoms with Crippen molar-refractivity contribution in [3.05, 3.63) is 90.5 Å². The number of unbranched alkanes of at least 4 members (excludes halogenated alkanes) is 1. The van der Waals surface area contributed by atoms with E-state index in [1.54, 1.807) is 60.7 Å². The van der Waals surface area contributed by atoms with Crippen LogP contribution in [0.15, 0.2) is 79.9 Å². The number of likely N-dealkylation sites (tertiary alicyclic amines) is 1. The van der Waals surface area contributed by atoms with E-state index in [-0.39, 0.29) is 43.5 Å². The van der Waals surface area contributed by atoms with Crippen LogP contribution >= 0.6 is 27.5 Å². The van der Waals surface area contributed by atoms with Crippen LogP contribution in [-0.4, -0.2) is 95.7 Å². The van der Waals surface area contributed by atoms with Gasteiger partial charge in [-0.25, -0.2) is 0 Å². The molecule has 11 nitrogen and oxygen atoms in total. The van der Waals surface area contributed by atoms with E-state index < -0.39 is 59.5 Å². The van der Waals surface area contributed by atoms with Crippen molar-refractivity contribution >= 4 is 56.9 Å². The standard InChI is InChI=1S/C38H45BrClN3O8/c1-4-6-18-29(45)41-27(23-49-3)32(24-14-8-7-9-15-24)50-37(48)30-31-35(46)43(20-12-13-21-44)34(38(31)22-25(39)33(30)51-38)36(47)42(19-5-2)28-17-11-10-16-26(28)40/h4-5,7-11,14-17,25,27,30-34,44H,1-2,6,12-13,18-23H2,3H3,(H,41,45)/t25?,27-,30-,31+,32-,33-,34-,38+/m0/s1. The summed E-state index contributed by atoms with van der Waals surface area (Å²) in [5.41, 5.74) is -0.276. The molecule has 13 heteroatoms. The van der Waals surface area contributed by atoms with E-state index in [4.69, 9.17) is 25.8 Å². The van der Waals surface area contributed by atoms with Crippen molar-refractivity contribution in [2.24, 2.45) is 11.8 Å². The number of fused-ring (bicyclic) bond motifs is 1. The summed E-state index contributed by atoms with van der Waals surface area (Å²) < 4.78 is 18.5. The van der Waals surface area contributed by atoms with Gasteiger partial charge in [0.15, 0.2) is 0 Å². The lowest BCUT2D eigenvalue weighted by Gasteiger charge is -2.37. The first-order valence-electron chi connectivity index (χ1n) is 17.2. The molecule has 3 aliphatic rings. The lowest BCUT2D eigenvalue weighted by atomic mass is 9.70. The summed E-state index contributed by atoms with van der Waals surface area (Å²) >= 11 is 10.3. The van der Waals surface area contributed by atoms with E-state index in [1.165, 1.54) is 16.9 Å². The Hall–Kier alpha value is -3.55. The number of carbonyl (C=O) groups excluding carboxylic acids is 4. The van der Waals surface area contributed by atoms with Crippen LogP contribution < -0.4 is 10.2 Å². The fraction of sp³-hybridized carbons (Fsp3) is 0.474. The zero-order valence-electron chi connectivity index (χ0n) is 28.6. The fourth-order valence-electron chi connectivity index (χ4n) is 7.69. The molecule has 8 atom stereocenters. The predicted molar refractivity (Wildman–Crippen MR) is 196 cm³/mol. The Morgan fingerprint density at radius 2 is 1.88 bits per heavy atom. The van der Waals surface area contributed by atoms with Gasteiger partial charge in [-0.05, 0) is 43.4 Å². The summed E-state index contributed by atoms with van der Waals surface area (Å²) in [6.45, 7) is 7.77. The van der Waals surface area contributed by atoms with Gasteiger partial charge in [0, 0.05) is 38.1 Å². The van der Waals surface area contributed by atoms with E-state index in [2.05, 4.69) is 34.4 Å². The summed E-state index contributed by atoms with van der Waals surface area (Å²) in [7, 11) is 1.49. The number of anilines is 1. The summed E-state index contributed by atoms with van der Waals surface area (Å²) in [6, 6.07) is 14.1. The van der Waals surface area contributed by atoms with Gasteiger partial charge in [-0.3, -0.25) is 19.2 Å². The monoisotopic (exact) mass is 785 g/mol. The van der Waals surface area contributed by atoms with Crippen molar-refractivity contribution in [2.45, 2.75) is 66.8 Å². The minimum atomic E-state index is -1.36. The van der Waals surface area contributed by atoms with Gasteiger partial charge in [0.25, 0.3) is 5.91 Å². The van der Waals surface area contributed by atoms with Gasteiger partial charge in [-0.2, -0.15) is 0 Å². The smallest absolute Gasteiger partial charge is 0.313 e. The Labute approximate surface area is 312 Å². The number of aliphatic hydroxyl groups excluding tert-OH is 1. The van der Waals surface area contributed by atoms with E-state index in [9.17, 15) is 24.3 Å². The molecule has 0 aromatic heterocycles. The molecule has 0 aliphatic carbocycles. The number of esters is 1. The van der Waals surface area contributed by atoms with Gasteiger partial charge >= 0.3 is 5.97 Å². The normalized spacial score (nSPS) is 25.9. The number of amides is 3. The van der Waals surface area contributed by atoms with Crippen molar-refractivity contribution in [3.8, 4) is 0 Å². The van der Waals surface area contributed by atoms with Gasteiger partial charge in [0.05, 0.1) is 41.3 Å². The number of halogens is 2. The molecule has 3 aliphatic heterocycles. The van der Waals surface area contributed by atoms with Gasteiger partial charge in [-0.1, -0.05) is 82.1 Å². The molecule has 3 heterocycles. The van der Waals surface area contributed by atoms with Crippen LogP contribution in [0.25, 0.3) is 0 Å². The molecule has 3 saturated heterocycles. The minimum absolute atomic E-state index is 0.0427. The zero-order valence-corrected chi connectivity index (χ0v) is 31.0.